The lowest BCUT2D eigenvalue weighted by Gasteiger charge is -2.24. The number of carbonyl (C=O) groups is 2. The average molecular weight is 392 g/mol. The van der Waals surface area contributed by atoms with Gasteiger partial charge in [0.25, 0.3) is 5.91 Å². The first-order chi connectivity index (χ1) is 11.4. The fourth-order valence-electron chi connectivity index (χ4n) is 2.33. The first kappa shape index (κ1) is 19.6. The van der Waals surface area contributed by atoms with E-state index < -0.39 is 22.1 Å². The van der Waals surface area contributed by atoms with E-state index in [2.05, 4.69) is 50.7 Å². The number of benzene rings is 1. The molecule has 0 saturated heterocycles. The molecule has 1 aromatic heterocycles. The van der Waals surface area contributed by atoms with Crippen molar-refractivity contribution in [3.8, 4) is 0 Å². The van der Waals surface area contributed by atoms with Crippen LogP contribution in [0.2, 0.25) is 39.3 Å². The number of hydrogen-bond acceptors (Lipinski definition) is 3. The van der Waals surface area contributed by atoms with Gasteiger partial charge in [0.05, 0.1) is 21.1 Å². The monoisotopic (exact) mass is 391 g/mol. The van der Waals surface area contributed by atoms with Crippen LogP contribution in [0.15, 0.2) is 30.3 Å². The molecule has 0 atom stereocenters. The molecule has 1 amide bonds. The highest BCUT2D eigenvalue weighted by atomic mass is 32.1. The SMILES string of the molecule is C[Si](C)(C)c1cc(C(=O)Nc2ccc(C(=O)O)s2)cc([Si](C)(C)C)c1. The predicted octanol–water partition coefficient (Wildman–Crippen LogP) is 3.79. The molecule has 4 nitrogen and oxygen atoms in total. The molecule has 25 heavy (non-hydrogen) atoms. The van der Waals surface area contributed by atoms with Crippen molar-refractivity contribution in [2.45, 2.75) is 39.3 Å². The van der Waals surface area contributed by atoms with Gasteiger partial charge >= 0.3 is 5.97 Å². The van der Waals surface area contributed by atoms with Gasteiger partial charge in [-0.1, -0.05) is 67.9 Å². The maximum atomic E-state index is 12.7. The second kappa shape index (κ2) is 6.89. The second-order valence-electron chi connectivity index (χ2n) is 8.22. The Labute approximate surface area is 154 Å². The first-order valence-corrected chi connectivity index (χ1v) is 16.0. The molecule has 2 rings (SSSR count). The van der Waals surface area contributed by atoms with Gasteiger partial charge in [0.1, 0.15) is 4.88 Å². The molecule has 1 aromatic carbocycles. The third-order valence-corrected chi connectivity index (χ3v) is 9.01. The normalized spacial score (nSPS) is 12.1. The maximum Gasteiger partial charge on any atom is 0.345 e. The fourth-order valence-corrected chi connectivity index (χ4v) is 5.57. The number of carboxylic acids is 1. The number of anilines is 1. The van der Waals surface area contributed by atoms with Crippen molar-refractivity contribution in [3.63, 3.8) is 0 Å². The average Bonchev–Trinajstić information content (AvgIpc) is 2.93. The Balaban J connectivity index is 2.39. The highest BCUT2D eigenvalue weighted by Gasteiger charge is 2.24. The second-order valence-corrected chi connectivity index (χ2v) is 19.5. The van der Waals surface area contributed by atoms with Gasteiger partial charge < -0.3 is 10.4 Å². The lowest BCUT2D eigenvalue weighted by Crippen LogP contribution is -2.46. The van der Waals surface area contributed by atoms with Gasteiger partial charge in [0, 0.05) is 5.56 Å². The lowest BCUT2D eigenvalue weighted by molar-refractivity contribution is 0.0702. The van der Waals surface area contributed by atoms with Gasteiger partial charge in [-0.2, -0.15) is 0 Å². The van der Waals surface area contributed by atoms with E-state index in [9.17, 15) is 9.59 Å². The Bertz CT molecular complexity index is 784. The minimum Gasteiger partial charge on any atom is -0.477 e. The van der Waals surface area contributed by atoms with E-state index >= 15 is 0 Å². The fraction of sp³-hybridized carbons (Fsp3) is 0.333. The van der Waals surface area contributed by atoms with Crippen molar-refractivity contribution in [1.29, 1.82) is 0 Å². The number of hydrogen-bond donors (Lipinski definition) is 2. The molecule has 2 N–H and O–H groups in total. The van der Waals surface area contributed by atoms with Gasteiger partial charge in [-0.05, 0) is 12.1 Å². The van der Waals surface area contributed by atoms with Gasteiger partial charge in [0.15, 0.2) is 0 Å². The van der Waals surface area contributed by atoms with Crippen LogP contribution in [0, 0.1) is 0 Å². The van der Waals surface area contributed by atoms with Crippen molar-refractivity contribution in [1.82, 2.24) is 0 Å². The number of carbonyl (C=O) groups excluding carboxylic acids is 1. The van der Waals surface area contributed by atoms with Crippen LogP contribution in [0.4, 0.5) is 5.00 Å². The minimum absolute atomic E-state index is 0.182. The Kier molecular flexibility index (Phi) is 5.41. The number of aromatic carboxylic acids is 1. The smallest absolute Gasteiger partial charge is 0.345 e. The summed E-state index contributed by atoms with van der Waals surface area (Å²) in [7, 11) is -3.11. The first-order valence-electron chi connectivity index (χ1n) is 8.18. The van der Waals surface area contributed by atoms with Crippen LogP contribution in [-0.4, -0.2) is 33.1 Å². The molecule has 0 fully saturated rings. The molecule has 0 unspecified atom stereocenters. The van der Waals surface area contributed by atoms with Gasteiger partial charge in [-0.15, -0.1) is 11.3 Å². The number of rotatable bonds is 5. The number of carboxylic acid groups (broad SMARTS) is 1. The molecule has 7 heteroatoms. The van der Waals surface area contributed by atoms with Gasteiger partial charge in [-0.25, -0.2) is 4.79 Å². The number of amides is 1. The highest BCUT2D eigenvalue weighted by molar-refractivity contribution is 7.18. The van der Waals surface area contributed by atoms with Gasteiger partial charge in [0.2, 0.25) is 0 Å². The van der Waals surface area contributed by atoms with E-state index in [4.69, 9.17) is 5.11 Å². The molecule has 0 radical (unpaired) electrons. The van der Waals surface area contributed by atoms with E-state index in [1.54, 1.807) is 6.07 Å². The summed E-state index contributed by atoms with van der Waals surface area (Å²) in [4.78, 5) is 23.9. The van der Waals surface area contributed by atoms with Crippen molar-refractivity contribution in [2.75, 3.05) is 5.32 Å². The molecule has 134 valence electrons. The molecule has 0 saturated carbocycles. The quantitative estimate of drug-likeness (QED) is 0.762. The van der Waals surface area contributed by atoms with E-state index in [0.717, 1.165) is 11.3 Å². The van der Waals surface area contributed by atoms with Crippen LogP contribution in [0.3, 0.4) is 0 Å². The summed E-state index contributed by atoms with van der Waals surface area (Å²) in [5, 5.41) is 14.9. The summed E-state index contributed by atoms with van der Waals surface area (Å²) in [5.41, 5.74) is 0.655. The van der Waals surface area contributed by atoms with Crippen LogP contribution < -0.4 is 15.7 Å². The van der Waals surface area contributed by atoms with Crippen molar-refractivity contribution in [2.24, 2.45) is 0 Å². The zero-order chi connectivity index (χ0) is 19.0. The van der Waals surface area contributed by atoms with Gasteiger partial charge in [-0.3, -0.25) is 4.79 Å². The summed E-state index contributed by atoms with van der Waals surface area (Å²) in [6.45, 7) is 13.6. The van der Waals surface area contributed by atoms with E-state index in [1.165, 1.54) is 16.4 Å². The van der Waals surface area contributed by atoms with E-state index in [0.29, 0.717) is 10.6 Å². The van der Waals surface area contributed by atoms with Crippen molar-refractivity contribution >= 4 is 54.7 Å². The maximum absolute atomic E-state index is 12.7. The Morgan fingerprint density at radius 2 is 1.44 bits per heavy atom. The van der Waals surface area contributed by atoms with Crippen LogP contribution in [0.25, 0.3) is 0 Å². The van der Waals surface area contributed by atoms with Crippen LogP contribution in [-0.2, 0) is 0 Å². The summed E-state index contributed by atoms with van der Waals surface area (Å²) in [6.07, 6.45) is 0. The Hall–Kier alpha value is -1.71. The minimum atomic E-state index is -1.56. The molecule has 0 aliphatic carbocycles. The molecule has 0 aliphatic rings. The highest BCUT2D eigenvalue weighted by Crippen LogP contribution is 2.22. The van der Waals surface area contributed by atoms with E-state index in [1.807, 2.05) is 12.1 Å². The molecule has 2 aromatic rings. The molecular weight excluding hydrogens is 366 g/mol. The van der Waals surface area contributed by atoms with E-state index in [-0.39, 0.29) is 10.8 Å². The topological polar surface area (TPSA) is 66.4 Å². The summed E-state index contributed by atoms with van der Waals surface area (Å²) in [6, 6.07) is 9.42. The zero-order valence-electron chi connectivity index (χ0n) is 15.6. The van der Waals surface area contributed by atoms with Crippen LogP contribution >= 0.6 is 11.3 Å². The predicted molar refractivity (Wildman–Crippen MR) is 112 cm³/mol. The summed E-state index contributed by atoms with van der Waals surface area (Å²) in [5.74, 6) is -1.16. The van der Waals surface area contributed by atoms with Crippen LogP contribution in [0.1, 0.15) is 20.0 Å². The Morgan fingerprint density at radius 3 is 1.84 bits per heavy atom. The standard InChI is InChI=1S/C18H25NO3SSi2/c1-24(2,3)13-9-12(10-14(11-13)25(4,5)6)17(20)19-16-8-7-15(23-16)18(21)22/h7-11H,1-6H3,(H,19,20)(H,21,22). The zero-order valence-corrected chi connectivity index (χ0v) is 18.4. The molecule has 0 bridgehead atoms. The number of thiophene rings is 1. The van der Waals surface area contributed by atoms with Crippen molar-refractivity contribution < 1.29 is 14.7 Å². The third kappa shape index (κ3) is 4.90. The largest absolute Gasteiger partial charge is 0.477 e. The molecule has 0 spiro atoms. The molecule has 1 heterocycles. The summed E-state index contributed by atoms with van der Waals surface area (Å²) < 4.78 is 0. The summed E-state index contributed by atoms with van der Waals surface area (Å²) >= 11 is 1.07. The Morgan fingerprint density at radius 1 is 0.920 bits per heavy atom. The number of nitrogens with one attached hydrogen (secondary N) is 1. The molecule has 0 aliphatic heterocycles. The third-order valence-electron chi connectivity index (χ3n) is 3.98. The van der Waals surface area contributed by atoms with Crippen LogP contribution in [0.5, 0.6) is 0 Å². The van der Waals surface area contributed by atoms with Crippen molar-refractivity contribution in [3.05, 3.63) is 40.8 Å². The lowest BCUT2D eigenvalue weighted by atomic mass is 10.2. The molecular formula is C18H25NO3SSi2.